The second-order valence-corrected chi connectivity index (χ2v) is 4.96. The van der Waals surface area contributed by atoms with Crippen molar-refractivity contribution in [1.29, 1.82) is 0 Å². The highest BCUT2D eigenvalue weighted by Gasteiger charge is 2.19. The summed E-state index contributed by atoms with van der Waals surface area (Å²) in [5.41, 5.74) is 0.713. The minimum atomic E-state index is -1.13. The maximum Gasteiger partial charge on any atom is 0.360 e. The maximum absolute atomic E-state index is 11.0. The molecule has 1 saturated carbocycles. The molecule has 0 saturated heterocycles. The van der Waals surface area contributed by atoms with Gasteiger partial charge in [-0.1, -0.05) is 17.9 Å². The zero-order valence-corrected chi connectivity index (χ0v) is 11.3. The van der Waals surface area contributed by atoms with Crippen LogP contribution in [0.3, 0.4) is 0 Å². The number of benzene rings is 1. The minimum Gasteiger partial charge on any atom is -0.476 e. The number of aromatic amines is 1. The van der Waals surface area contributed by atoms with E-state index >= 15 is 0 Å². The molecule has 0 bridgehead atoms. The summed E-state index contributed by atoms with van der Waals surface area (Å²) in [6.07, 6.45) is 4.80. The highest BCUT2D eigenvalue weighted by atomic mass is 16.5. The average molecular weight is 282 g/mol. The number of nitrogens with one attached hydrogen (secondary N) is 1. The second-order valence-electron chi connectivity index (χ2n) is 4.96. The summed E-state index contributed by atoms with van der Waals surface area (Å²) < 4.78 is 5.52. The Balaban J connectivity index is 1.74. The number of carbonyl (C=O) groups is 1. The van der Waals surface area contributed by atoms with Gasteiger partial charge in [0.25, 0.3) is 0 Å². The Morgan fingerprint density at radius 1 is 1.48 bits per heavy atom. The summed E-state index contributed by atoms with van der Waals surface area (Å²) in [5.74, 6) is 6.55. The number of aromatic nitrogens is 2. The van der Waals surface area contributed by atoms with Crippen molar-refractivity contribution in [2.75, 3.05) is 0 Å². The van der Waals surface area contributed by atoms with Crippen molar-refractivity contribution in [3.63, 3.8) is 0 Å². The van der Waals surface area contributed by atoms with Crippen LogP contribution in [-0.4, -0.2) is 21.0 Å². The summed E-state index contributed by atoms with van der Waals surface area (Å²) >= 11 is 0. The molecule has 3 rings (SSSR count). The smallest absolute Gasteiger partial charge is 0.360 e. The Morgan fingerprint density at radius 3 is 3.10 bits per heavy atom. The van der Waals surface area contributed by atoms with Crippen LogP contribution in [0.15, 0.2) is 30.6 Å². The van der Waals surface area contributed by atoms with E-state index in [9.17, 15) is 4.79 Å². The highest BCUT2D eigenvalue weighted by Crippen LogP contribution is 2.31. The molecule has 1 heterocycles. The molecule has 106 valence electrons. The average Bonchev–Trinajstić information content (AvgIpc) is 3.16. The van der Waals surface area contributed by atoms with Crippen LogP contribution in [0.25, 0.3) is 0 Å². The predicted molar refractivity (Wildman–Crippen MR) is 76.3 cm³/mol. The van der Waals surface area contributed by atoms with Crippen molar-refractivity contribution in [2.45, 2.75) is 19.3 Å². The number of carboxylic acid groups (broad SMARTS) is 1. The molecule has 1 aromatic heterocycles. The first-order valence-corrected chi connectivity index (χ1v) is 6.76. The number of carboxylic acids is 1. The zero-order chi connectivity index (χ0) is 14.7. The number of imidazole rings is 1. The largest absolute Gasteiger partial charge is 0.476 e. The lowest BCUT2D eigenvalue weighted by Gasteiger charge is -2.04. The van der Waals surface area contributed by atoms with Gasteiger partial charge in [-0.15, -0.1) is 0 Å². The lowest BCUT2D eigenvalue weighted by Crippen LogP contribution is -1.99. The lowest BCUT2D eigenvalue weighted by atomic mass is 10.2. The van der Waals surface area contributed by atoms with E-state index in [-0.39, 0.29) is 11.6 Å². The summed E-state index contributed by atoms with van der Waals surface area (Å²) in [5, 5.41) is 8.98. The number of hydrogen-bond donors (Lipinski definition) is 2. The molecule has 0 unspecified atom stereocenters. The van der Waals surface area contributed by atoms with Crippen LogP contribution in [0.4, 0.5) is 0 Å². The molecule has 2 N–H and O–H groups in total. The molecule has 0 spiro atoms. The van der Waals surface area contributed by atoms with Gasteiger partial charge in [0.2, 0.25) is 11.6 Å². The molecule has 21 heavy (non-hydrogen) atoms. The summed E-state index contributed by atoms with van der Waals surface area (Å²) in [6, 6.07) is 7.26. The van der Waals surface area contributed by atoms with Gasteiger partial charge in [0.15, 0.2) is 0 Å². The van der Waals surface area contributed by atoms with Crippen LogP contribution in [0.1, 0.15) is 35.3 Å². The van der Waals surface area contributed by atoms with E-state index in [1.54, 1.807) is 12.1 Å². The predicted octanol–water partition coefficient (Wildman–Crippen LogP) is 3.05. The van der Waals surface area contributed by atoms with Crippen LogP contribution >= 0.6 is 0 Å². The Morgan fingerprint density at radius 2 is 2.33 bits per heavy atom. The molecule has 5 heteroatoms. The fourth-order valence-corrected chi connectivity index (χ4v) is 1.89. The standard InChI is InChI=1S/C16H14N2O3/c19-16(20)14-15(18-10-17-14)21-13-6-2-5-12(9-13)4-1-3-11-7-8-11/h2,5-6,9-11H,3,7-8H2,(H,17,18)(H,19,20). The number of nitrogens with zero attached hydrogens (tertiary/aromatic N) is 1. The van der Waals surface area contributed by atoms with Crippen molar-refractivity contribution in [2.24, 2.45) is 5.92 Å². The van der Waals surface area contributed by atoms with E-state index < -0.39 is 5.97 Å². The van der Waals surface area contributed by atoms with Crippen LogP contribution in [0.2, 0.25) is 0 Å². The second kappa shape index (κ2) is 5.71. The van der Waals surface area contributed by atoms with Crippen molar-refractivity contribution in [3.05, 3.63) is 41.9 Å². The normalized spacial score (nSPS) is 13.3. The molecule has 0 aliphatic heterocycles. The van der Waals surface area contributed by atoms with Crippen LogP contribution in [0, 0.1) is 17.8 Å². The number of aromatic carboxylic acids is 1. The molecule has 1 aromatic carbocycles. The van der Waals surface area contributed by atoms with Gasteiger partial charge in [0.05, 0.1) is 6.33 Å². The van der Waals surface area contributed by atoms with E-state index in [0.717, 1.165) is 17.9 Å². The molecule has 0 radical (unpaired) electrons. The molecule has 0 atom stereocenters. The van der Waals surface area contributed by atoms with Gasteiger partial charge < -0.3 is 14.8 Å². The zero-order valence-electron chi connectivity index (χ0n) is 11.3. The first-order chi connectivity index (χ1) is 10.2. The van der Waals surface area contributed by atoms with Crippen molar-refractivity contribution < 1.29 is 14.6 Å². The molecule has 2 aromatic rings. The summed E-state index contributed by atoms with van der Waals surface area (Å²) in [4.78, 5) is 17.3. The SMILES string of the molecule is O=C(O)c1nc[nH]c1Oc1cccc(C#CCC2CC2)c1. The maximum atomic E-state index is 11.0. The summed E-state index contributed by atoms with van der Waals surface area (Å²) in [6.45, 7) is 0. The fraction of sp³-hybridized carbons (Fsp3) is 0.250. The van der Waals surface area contributed by atoms with Gasteiger partial charge in [-0.2, -0.15) is 0 Å². The van der Waals surface area contributed by atoms with E-state index in [4.69, 9.17) is 9.84 Å². The Bertz CT molecular complexity index is 720. The van der Waals surface area contributed by atoms with Gasteiger partial charge >= 0.3 is 5.97 Å². The Hall–Kier alpha value is -2.74. The van der Waals surface area contributed by atoms with Gasteiger partial charge in [0.1, 0.15) is 5.75 Å². The molecular weight excluding hydrogens is 268 g/mol. The van der Waals surface area contributed by atoms with Crippen molar-refractivity contribution in [1.82, 2.24) is 9.97 Å². The fourth-order valence-electron chi connectivity index (χ4n) is 1.89. The molecule has 1 aliphatic rings. The quantitative estimate of drug-likeness (QED) is 0.845. The van der Waals surface area contributed by atoms with Gasteiger partial charge in [-0.05, 0) is 37.0 Å². The third kappa shape index (κ3) is 3.42. The molecule has 1 fully saturated rings. The van der Waals surface area contributed by atoms with Crippen LogP contribution < -0.4 is 4.74 Å². The Labute approximate surface area is 122 Å². The monoisotopic (exact) mass is 282 g/mol. The Kier molecular flexibility index (Phi) is 3.61. The topological polar surface area (TPSA) is 75.2 Å². The third-order valence-electron chi connectivity index (χ3n) is 3.18. The van der Waals surface area contributed by atoms with Gasteiger partial charge in [0, 0.05) is 12.0 Å². The van der Waals surface area contributed by atoms with Crippen LogP contribution in [0.5, 0.6) is 11.6 Å². The number of ether oxygens (including phenoxy) is 1. The van der Waals surface area contributed by atoms with Crippen molar-refractivity contribution in [3.8, 4) is 23.5 Å². The van der Waals surface area contributed by atoms with Crippen molar-refractivity contribution >= 4 is 5.97 Å². The molecule has 1 aliphatic carbocycles. The van der Waals surface area contributed by atoms with Gasteiger partial charge in [-0.3, -0.25) is 0 Å². The van der Waals surface area contributed by atoms with E-state index in [1.165, 1.54) is 19.2 Å². The highest BCUT2D eigenvalue weighted by molar-refractivity contribution is 5.88. The van der Waals surface area contributed by atoms with Gasteiger partial charge in [-0.25, -0.2) is 9.78 Å². The minimum absolute atomic E-state index is 0.116. The molecule has 5 nitrogen and oxygen atoms in total. The van der Waals surface area contributed by atoms with E-state index in [2.05, 4.69) is 21.8 Å². The molecule has 0 amide bonds. The first kappa shape index (κ1) is 13.3. The number of hydrogen-bond acceptors (Lipinski definition) is 3. The molecular formula is C16H14N2O3. The number of rotatable bonds is 4. The van der Waals surface area contributed by atoms with E-state index in [0.29, 0.717) is 5.75 Å². The summed E-state index contributed by atoms with van der Waals surface area (Å²) in [7, 11) is 0. The number of H-pyrrole nitrogens is 1. The third-order valence-corrected chi connectivity index (χ3v) is 3.18. The lowest BCUT2D eigenvalue weighted by molar-refractivity contribution is 0.0688. The van der Waals surface area contributed by atoms with Crippen LogP contribution in [-0.2, 0) is 0 Å². The first-order valence-electron chi connectivity index (χ1n) is 6.76. The van der Waals surface area contributed by atoms with E-state index in [1.807, 2.05) is 12.1 Å².